The van der Waals surface area contributed by atoms with Crippen LogP contribution in [0.3, 0.4) is 0 Å². The van der Waals surface area contributed by atoms with Gasteiger partial charge in [0.1, 0.15) is 5.75 Å². The summed E-state index contributed by atoms with van der Waals surface area (Å²) in [6.07, 6.45) is 0. The molecule has 0 heterocycles. The summed E-state index contributed by atoms with van der Waals surface area (Å²) in [5.41, 5.74) is 7.23. The molecule has 126 valence electrons. The Morgan fingerprint density at radius 2 is 1.72 bits per heavy atom. The van der Waals surface area contributed by atoms with E-state index >= 15 is 0 Å². The van der Waals surface area contributed by atoms with Crippen molar-refractivity contribution in [2.45, 2.75) is 12.8 Å². The molecule has 25 heavy (non-hydrogen) atoms. The number of ether oxygens (including phenoxy) is 1. The van der Waals surface area contributed by atoms with E-state index in [-0.39, 0.29) is 5.92 Å². The lowest BCUT2D eigenvalue weighted by molar-refractivity contribution is 0.416. The monoisotopic (exact) mass is 349 g/mol. The van der Waals surface area contributed by atoms with Crippen LogP contribution >= 0.6 is 11.6 Å². The molecule has 3 heteroatoms. The molecule has 0 saturated heterocycles. The average molecular weight is 350 g/mol. The molecule has 1 N–H and O–H groups in total. The van der Waals surface area contributed by atoms with Gasteiger partial charge >= 0.3 is 0 Å². The van der Waals surface area contributed by atoms with Crippen molar-refractivity contribution in [1.29, 1.82) is 0 Å². The second kappa shape index (κ2) is 6.45. The summed E-state index contributed by atoms with van der Waals surface area (Å²) < 4.78 is 5.64. The molecular formula is C22H20ClNO. The van der Waals surface area contributed by atoms with Crippen LogP contribution in [0.2, 0.25) is 5.02 Å². The molecule has 0 radical (unpaired) electrons. The minimum absolute atomic E-state index is 0.252. The molecule has 0 amide bonds. The molecule has 0 fully saturated rings. The summed E-state index contributed by atoms with van der Waals surface area (Å²) in [7, 11) is 1.70. The van der Waals surface area contributed by atoms with Gasteiger partial charge in [-0.2, -0.15) is 0 Å². The predicted octanol–water partition coefficient (Wildman–Crippen LogP) is 5.94. The Bertz CT molecular complexity index is 904. The smallest absolute Gasteiger partial charge is 0.128 e. The third kappa shape index (κ3) is 2.77. The quantitative estimate of drug-likeness (QED) is 0.481. The maximum Gasteiger partial charge on any atom is 0.128 e. The molecular weight excluding hydrogens is 330 g/mol. The van der Waals surface area contributed by atoms with Crippen LogP contribution in [0, 0.1) is 0 Å². The summed E-state index contributed by atoms with van der Waals surface area (Å²) in [4.78, 5) is 0. The number of benzene rings is 3. The first-order valence-corrected chi connectivity index (χ1v) is 8.92. The third-order valence-corrected chi connectivity index (χ3v) is 5.04. The van der Waals surface area contributed by atoms with Gasteiger partial charge in [0.05, 0.1) is 7.11 Å². The fourth-order valence-electron chi connectivity index (χ4n) is 3.56. The molecule has 0 saturated carbocycles. The van der Waals surface area contributed by atoms with Crippen molar-refractivity contribution in [3.05, 3.63) is 82.4 Å². The van der Waals surface area contributed by atoms with Crippen LogP contribution in [0.1, 0.15) is 29.5 Å². The van der Waals surface area contributed by atoms with Crippen LogP contribution in [-0.2, 0) is 0 Å². The largest absolute Gasteiger partial charge is 0.496 e. The zero-order valence-electron chi connectivity index (χ0n) is 14.3. The lowest BCUT2D eigenvalue weighted by atomic mass is 10.0. The number of anilines is 1. The van der Waals surface area contributed by atoms with Gasteiger partial charge in [-0.25, -0.2) is 0 Å². The van der Waals surface area contributed by atoms with E-state index in [1.54, 1.807) is 7.11 Å². The van der Waals surface area contributed by atoms with Crippen molar-refractivity contribution >= 4 is 17.3 Å². The first kappa shape index (κ1) is 16.0. The second-order valence-corrected chi connectivity index (χ2v) is 6.62. The van der Waals surface area contributed by atoms with Crippen molar-refractivity contribution in [3.63, 3.8) is 0 Å². The molecule has 4 rings (SSSR count). The van der Waals surface area contributed by atoms with Gasteiger partial charge in [-0.15, -0.1) is 0 Å². The molecule has 1 aliphatic rings. The van der Waals surface area contributed by atoms with E-state index in [4.69, 9.17) is 16.3 Å². The average Bonchev–Trinajstić information content (AvgIpc) is 3.39. The molecule has 0 aliphatic heterocycles. The lowest BCUT2D eigenvalue weighted by Crippen LogP contribution is -1.96. The first-order chi connectivity index (χ1) is 12.2. The van der Waals surface area contributed by atoms with Crippen molar-refractivity contribution in [1.82, 2.24) is 0 Å². The van der Waals surface area contributed by atoms with Gasteiger partial charge in [0.25, 0.3) is 0 Å². The van der Waals surface area contributed by atoms with E-state index in [2.05, 4.69) is 60.8 Å². The van der Waals surface area contributed by atoms with E-state index in [9.17, 15) is 0 Å². The molecule has 3 aromatic rings. The van der Waals surface area contributed by atoms with Gasteiger partial charge in [0, 0.05) is 28.7 Å². The highest BCUT2D eigenvalue weighted by Gasteiger charge is 2.41. The maximum absolute atomic E-state index is 6.54. The second-order valence-electron chi connectivity index (χ2n) is 6.21. The van der Waals surface area contributed by atoms with E-state index in [1.807, 2.05) is 12.1 Å². The van der Waals surface area contributed by atoms with Gasteiger partial charge in [-0.1, -0.05) is 54.1 Å². The zero-order valence-corrected chi connectivity index (χ0v) is 15.1. The first-order valence-electron chi connectivity index (χ1n) is 8.54. The molecule has 0 bridgehead atoms. The van der Waals surface area contributed by atoms with Gasteiger partial charge in [0.15, 0.2) is 0 Å². The van der Waals surface area contributed by atoms with Crippen molar-refractivity contribution in [2.75, 3.05) is 19.0 Å². The molecule has 2 nitrogen and oxygen atoms in total. The van der Waals surface area contributed by atoms with Gasteiger partial charge in [-0.3, -0.25) is 0 Å². The normalized spacial score (nSPS) is 14.8. The fraction of sp³-hybridized carbons (Fsp3) is 0.182. The highest BCUT2D eigenvalue weighted by molar-refractivity contribution is 6.32. The summed E-state index contributed by atoms with van der Waals surface area (Å²) >= 11 is 6.54. The molecule has 1 aliphatic carbocycles. The lowest BCUT2D eigenvalue weighted by Gasteiger charge is -2.09. The number of hydrogen-bond donors (Lipinski definition) is 1. The van der Waals surface area contributed by atoms with E-state index in [0.717, 1.165) is 28.6 Å². The topological polar surface area (TPSA) is 21.3 Å². The van der Waals surface area contributed by atoms with Crippen LogP contribution in [0.4, 0.5) is 5.69 Å². The van der Waals surface area contributed by atoms with Crippen LogP contribution in [0.5, 0.6) is 5.75 Å². The van der Waals surface area contributed by atoms with E-state index < -0.39 is 0 Å². The number of fused-ring (bicyclic) bond motifs is 1. The minimum Gasteiger partial charge on any atom is -0.496 e. The minimum atomic E-state index is 0.252. The van der Waals surface area contributed by atoms with Gasteiger partial charge in [-0.05, 0) is 47.4 Å². The number of methoxy groups -OCH3 is 1. The summed E-state index contributed by atoms with van der Waals surface area (Å²) in [6.45, 7) is 3.02. The molecule has 1 atom stereocenters. The molecule has 1 unspecified atom stereocenters. The number of rotatable bonds is 5. The standard InChI is InChI=1S/C22H20ClNO/c1-3-24-16-11-9-15(10-12-16)20-21-17(23)13-18(25-2)19(22(20)21)14-7-5-4-6-8-14/h4-13,20,24H,3H2,1-2H3. The van der Waals surface area contributed by atoms with E-state index in [0.29, 0.717) is 0 Å². The molecule has 0 spiro atoms. The van der Waals surface area contributed by atoms with Crippen molar-refractivity contribution in [3.8, 4) is 16.9 Å². The predicted molar refractivity (Wildman–Crippen MR) is 105 cm³/mol. The Kier molecular flexibility index (Phi) is 4.14. The maximum atomic E-state index is 6.54. The van der Waals surface area contributed by atoms with Crippen LogP contribution in [0.25, 0.3) is 11.1 Å². The summed E-state index contributed by atoms with van der Waals surface area (Å²) in [6, 6.07) is 20.9. The Morgan fingerprint density at radius 1 is 1.00 bits per heavy atom. The Morgan fingerprint density at radius 3 is 2.36 bits per heavy atom. The summed E-state index contributed by atoms with van der Waals surface area (Å²) in [5.74, 6) is 1.09. The Labute approximate surface area is 153 Å². The van der Waals surface area contributed by atoms with Crippen molar-refractivity contribution in [2.24, 2.45) is 0 Å². The number of hydrogen-bond acceptors (Lipinski definition) is 2. The van der Waals surface area contributed by atoms with Crippen LogP contribution in [-0.4, -0.2) is 13.7 Å². The number of nitrogens with one attached hydrogen (secondary N) is 1. The highest BCUT2D eigenvalue weighted by Crippen LogP contribution is 2.59. The Balaban J connectivity index is 1.79. The summed E-state index contributed by atoms with van der Waals surface area (Å²) in [5, 5.41) is 4.12. The van der Waals surface area contributed by atoms with Gasteiger partial charge < -0.3 is 10.1 Å². The molecule has 0 aromatic heterocycles. The highest BCUT2D eigenvalue weighted by atomic mass is 35.5. The fourth-order valence-corrected chi connectivity index (χ4v) is 3.87. The molecule has 3 aromatic carbocycles. The SMILES string of the molecule is CCNc1ccc(C2c3c(Cl)cc(OC)c(-c4ccccc4)c32)cc1. The van der Waals surface area contributed by atoms with Crippen LogP contribution < -0.4 is 10.1 Å². The zero-order chi connectivity index (χ0) is 17.4. The van der Waals surface area contributed by atoms with Crippen LogP contribution in [0.15, 0.2) is 60.7 Å². The third-order valence-electron chi connectivity index (χ3n) is 4.72. The van der Waals surface area contributed by atoms with Gasteiger partial charge in [0.2, 0.25) is 0 Å². The number of halogens is 1. The van der Waals surface area contributed by atoms with E-state index in [1.165, 1.54) is 22.3 Å². The Hall–Kier alpha value is -2.45. The van der Waals surface area contributed by atoms with Crippen molar-refractivity contribution < 1.29 is 4.74 Å².